The highest BCUT2D eigenvalue weighted by Gasteiger charge is 2.24. The van der Waals surface area contributed by atoms with Crippen LogP contribution in [0.3, 0.4) is 0 Å². The van der Waals surface area contributed by atoms with E-state index in [0.29, 0.717) is 0 Å². The van der Waals surface area contributed by atoms with Gasteiger partial charge in [-0.3, -0.25) is 9.59 Å². The minimum atomic E-state index is -0.940. The fourth-order valence-corrected chi connectivity index (χ4v) is 1.77. The number of carbonyl (C=O) groups is 3. The van der Waals surface area contributed by atoms with Crippen LogP contribution in [-0.2, 0) is 19.1 Å². The molecule has 0 bridgehead atoms. The Morgan fingerprint density at radius 2 is 1.91 bits per heavy atom. The molecule has 0 unspecified atom stereocenters. The molecule has 1 aromatic rings. The lowest BCUT2D eigenvalue weighted by Crippen LogP contribution is -2.42. The standard InChI is InChI=1S/C15H21N3O5/c1-3-22-13(19)8-6-11(15(21)23-4-2)18-14(20)10-5-7-12(16)17-9-10/h5,7,9,11H,3-4,6,8H2,1-2H3,(H2,16,17)(H,18,20)/t11-/m0/s1. The monoisotopic (exact) mass is 323 g/mol. The van der Waals surface area contributed by atoms with Gasteiger partial charge in [0.2, 0.25) is 0 Å². The van der Waals surface area contributed by atoms with E-state index in [4.69, 9.17) is 15.2 Å². The number of rotatable bonds is 8. The van der Waals surface area contributed by atoms with Crippen molar-refractivity contribution in [3.63, 3.8) is 0 Å². The summed E-state index contributed by atoms with van der Waals surface area (Å²) in [4.78, 5) is 39.3. The first kappa shape index (κ1) is 18.4. The maximum absolute atomic E-state index is 12.1. The van der Waals surface area contributed by atoms with Crippen molar-refractivity contribution in [2.45, 2.75) is 32.7 Å². The summed E-state index contributed by atoms with van der Waals surface area (Å²) in [7, 11) is 0. The first-order valence-corrected chi connectivity index (χ1v) is 7.32. The van der Waals surface area contributed by atoms with Gasteiger partial charge in [0.1, 0.15) is 11.9 Å². The minimum Gasteiger partial charge on any atom is -0.466 e. The van der Waals surface area contributed by atoms with Crippen molar-refractivity contribution >= 4 is 23.7 Å². The maximum Gasteiger partial charge on any atom is 0.328 e. The van der Waals surface area contributed by atoms with Gasteiger partial charge < -0.3 is 20.5 Å². The van der Waals surface area contributed by atoms with Crippen molar-refractivity contribution in [2.24, 2.45) is 0 Å². The Labute approximate surface area is 134 Å². The molecule has 0 aliphatic carbocycles. The second-order valence-corrected chi connectivity index (χ2v) is 4.59. The van der Waals surface area contributed by atoms with Crippen LogP contribution in [0.1, 0.15) is 37.0 Å². The fourth-order valence-electron chi connectivity index (χ4n) is 1.77. The van der Waals surface area contributed by atoms with Crippen LogP contribution in [0.4, 0.5) is 5.82 Å². The molecule has 1 atom stereocenters. The molecule has 1 rings (SSSR count). The van der Waals surface area contributed by atoms with E-state index in [2.05, 4.69) is 10.3 Å². The lowest BCUT2D eigenvalue weighted by molar-refractivity contribution is -0.146. The molecule has 0 aliphatic heterocycles. The summed E-state index contributed by atoms with van der Waals surface area (Å²) in [5.74, 6) is -1.26. The minimum absolute atomic E-state index is 0.00239. The number of nitrogens with zero attached hydrogens (tertiary/aromatic N) is 1. The Balaban J connectivity index is 2.71. The van der Waals surface area contributed by atoms with Crippen LogP contribution >= 0.6 is 0 Å². The third kappa shape index (κ3) is 6.33. The molecule has 0 saturated heterocycles. The van der Waals surface area contributed by atoms with E-state index in [9.17, 15) is 14.4 Å². The van der Waals surface area contributed by atoms with Crippen LogP contribution in [0.2, 0.25) is 0 Å². The third-order valence-corrected chi connectivity index (χ3v) is 2.87. The normalized spacial score (nSPS) is 11.4. The molecule has 1 heterocycles. The van der Waals surface area contributed by atoms with Crippen LogP contribution in [0.5, 0.6) is 0 Å². The van der Waals surface area contributed by atoms with Gasteiger partial charge in [-0.2, -0.15) is 0 Å². The molecule has 0 spiro atoms. The molecule has 0 aliphatic rings. The summed E-state index contributed by atoms with van der Waals surface area (Å²) < 4.78 is 9.72. The SMILES string of the molecule is CCOC(=O)CC[C@H](NC(=O)c1ccc(N)nc1)C(=O)OCC. The molecule has 23 heavy (non-hydrogen) atoms. The molecule has 0 fully saturated rings. The number of amides is 1. The first-order chi connectivity index (χ1) is 11.0. The predicted molar refractivity (Wildman–Crippen MR) is 82.4 cm³/mol. The zero-order valence-electron chi connectivity index (χ0n) is 13.2. The van der Waals surface area contributed by atoms with Gasteiger partial charge in [-0.15, -0.1) is 0 Å². The largest absolute Gasteiger partial charge is 0.466 e. The van der Waals surface area contributed by atoms with Crippen LogP contribution in [0.15, 0.2) is 18.3 Å². The zero-order valence-corrected chi connectivity index (χ0v) is 13.2. The molecular formula is C15H21N3O5. The number of hydrogen-bond acceptors (Lipinski definition) is 7. The van der Waals surface area contributed by atoms with Crippen molar-refractivity contribution in [3.05, 3.63) is 23.9 Å². The highest BCUT2D eigenvalue weighted by atomic mass is 16.5. The van der Waals surface area contributed by atoms with Crippen molar-refractivity contribution in [2.75, 3.05) is 18.9 Å². The van der Waals surface area contributed by atoms with Crippen molar-refractivity contribution in [1.82, 2.24) is 10.3 Å². The first-order valence-electron chi connectivity index (χ1n) is 7.32. The quantitative estimate of drug-likeness (QED) is 0.674. The topological polar surface area (TPSA) is 121 Å². The summed E-state index contributed by atoms with van der Waals surface area (Å²) in [5.41, 5.74) is 5.71. The van der Waals surface area contributed by atoms with E-state index in [0.717, 1.165) is 0 Å². The molecule has 0 saturated carbocycles. The second-order valence-electron chi connectivity index (χ2n) is 4.59. The number of pyridine rings is 1. The number of anilines is 1. The lowest BCUT2D eigenvalue weighted by Gasteiger charge is -2.17. The molecule has 3 N–H and O–H groups in total. The number of esters is 2. The van der Waals surface area contributed by atoms with Gasteiger partial charge in [0.05, 0.1) is 18.8 Å². The van der Waals surface area contributed by atoms with Gasteiger partial charge in [0.15, 0.2) is 0 Å². The Bertz CT molecular complexity index is 545. The van der Waals surface area contributed by atoms with Crippen molar-refractivity contribution < 1.29 is 23.9 Å². The number of hydrogen-bond donors (Lipinski definition) is 2. The van der Waals surface area contributed by atoms with Gasteiger partial charge in [-0.05, 0) is 32.4 Å². The highest BCUT2D eigenvalue weighted by Crippen LogP contribution is 2.06. The van der Waals surface area contributed by atoms with Crippen molar-refractivity contribution in [3.8, 4) is 0 Å². The molecule has 1 amide bonds. The maximum atomic E-state index is 12.1. The average Bonchev–Trinajstić information content (AvgIpc) is 2.52. The van der Waals surface area contributed by atoms with Gasteiger partial charge >= 0.3 is 11.9 Å². The summed E-state index contributed by atoms with van der Waals surface area (Å²) in [6.45, 7) is 3.78. The smallest absolute Gasteiger partial charge is 0.328 e. The van der Waals surface area contributed by atoms with Crippen LogP contribution in [0.25, 0.3) is 0 Å². The Morgan fingerprint density at radius 3 is 2.48 bits per heavy atom. The summed E-state index contributed by atoms with van der Waals surface area (Å²) >= 11 is 0. The number of nitrogen functional groups attached to an aromatic ring is 1. The Morgan fingerprint density at radius 1 is 1.22 bits per heavy atom. The number of nitrogens with two attached hydrogens (primary N) is 1. The van der Waals surface area contributed by atoms with E-state index >= 15 is 0 Å². The van der Waals surface area contributed by atoms with Crippen molar-refractivity contribution in [1.29, 1.82) is 0 Å². The summed E-state index contributed by atoms with van der Waals surface area (Å²) in [6, 6.07) is 2.03. The van der Waals surface area contributed by atoms with E-state index < -0.39 is 23.9 Å². The van der Waals surface area contributed by atoms with Gasteiger partial charge in [-0.1, -0.05) is 0 Å². The molecule has 8 heteroatoms. The van der Waals surface area contributed by atoms with Crippen LogP contribution in [0, 0.1) is 0 Å². The second kappa shape index (κ2) is 9.39. The van der Waals surface area contributed by atoms with Crippen LogP contribution in [-0.4, -0.2) is 42.1 Å². The molecule has 1 aromatic heterocycles. The Kier molecular flexibility index (Phi) is 7.52. The van der Waals surface area contributed by atoms with E-state index in [-0.39, 0.29) is 37.4 Å². The number of carbonyl (C=O) groups excluding carboxylic acids is 3. The highest BCUT2D eigenvalue weighted by molar-refractivity contribution is 5.96. The number of nitrogens with one attached hydrogen (secondary N) is 1. The predicted octanol–water partition coefficient (Wildman–Crippen LogP) is 0.669. The lowest BCUT2D eigenvalue weighted by atomic mass is 10.1. The van der Waals surface area contributed by atoms with Gasteiger partial charge in [-0.25, -0.2) is 9.78 Å². The van der Waals surface area contributed by atoms with Crippen LogP contribution < -0.4 is 11.1 Å². The summed E-state index contributed by atoms with van der Waals surface area (Å²) in [5, 5.41) is 2.53. The Hall–Kier alpha value is -2.64. The average molecular weight is 323 g/mol. The fraction of sp³-hybridized carbons (Fsp3) is 0.467. The zero-order chi connectivity index (χ0) is 17.2. The molecular weight excluding hydrogens is 302 g/mol. The molecule has 0 aromatic carbocycles. The van der Waals surface area contributed by atoms with E-state index in [1.54, 1.807) is 13.8 Å². The molecule has 8 nitrogen and oxygen atoms in total. The molecule has 126 valence electrons. The van der Waals surface area contributed by atoms with E-state index in [1.165, 1.54) is 18.3 Å². The van der Waals surface area contributed by atoms with Gasteiger partial charge in [0, 0.05) is 12.6 Å². The third-order valence-electron chi connectivity index (χ3n) is 2.87. The molecule has 0 radical (unpaired) electrons. The number of aromatic nitrogens is 1. The van der Waals surface area contributed by atoms with E-state index in [1.807, 2.05) is 0 Å². The summed E-state index contributed by atoms with van der Waals surface area (Å²) in [6.07, 6.45) is 1.39. The van der Waals surface area contributed by atoms with Gasteiger partial charge in [0.25, 0.3) is 5.91 Å². The number of ether oxygens (including phenoxy) is 2.